The third-order valence-corrected chi connectivity index (χ3v) is 4.18. The summed E-state index contributed by atoms with van der Waals surface area (Å²) in [6, 6.07) is 3.51. The maximum Gasteiger partial charge on any atom is 0.337 e. The molecule has 1 amide bonds. The molecule has 0 unspecified atom stereocenters. The quantitative estimate of drug-likeness (QED) is 0.829. The van der Waals surface area contributed by atoms with Crippen molar-refractivity contribution < 1.29 is 14.7 Å². The van der Waals surface area contributed by atoms with Gasteiger partial charge in [0.15, 0.2) is 0 Å². The molecule has 21 heavy (non-hydrogen) atoms. The minimum absolute atomic E-state index is 0.00912. The van der Waals surface area contributed by atoms with E-state index in [2.05, 4.69) is 5.32 Å². The Hall–Kier alpha value is -1.84. The van der Waals surface area contributed by atoms with E-state index in [1.807, 2.05) is 19.9 Å². The van der Waals surface area contributed by atoms with Crippen LogP contribution in [0.5, 0.6) is 0 Å². The zero-order chi connectivity index (χ0) is 15.4. The highest BCUT2D eigenvalue weighted by Crippen LogP contribution is 2.27. The summed E-state index contributed by atoms with van der Waals surface area (Å²) in [5.41, 5.74) is 2.31. The van der Waals surface area contributed by atoms with Gasteiger partial charge in [0.25, 0.3) is 0 Å². The number of rotatable bonds is 3. The highest BCUT2D eigenvalue weighted by molar-refractivity contribution is 6.02. The van der Waals surface area contributed by atoms with E-state index >= 15 is 0 Å². The molecule has 0 atom stereocenters. The molecule has 1 fully saturated rings. The summed E-state index contributed by atoms with van der Waals surface area (Å²) in [4.78, 5) is 23.8. The molecule has 1 aliphatic rings. The number of nitrogens with one attached hydrogen (secondary N) is 1. The SMILES string of the molecule is Cc1cc(C)c(NC(=O)C2CCCCCC2)c(C(=O)O)c1. The number of hydrogen-bond donors (Lipinski definition) is 2. The molecule has 0 saturated heterocycles. The molecule has 0 spiro atoms. The number of benzene rings is 1. The molecule has 1 aliphatic carbocycles. The van der Waals surface area contributed by atoms with Crippen molar-refractivity contribution in [1.29, 1.82) is 0 Å². The number of hydrogen-bond acceptors (Lipinski definition) is 2. The van der Waals surface area contributed by atoms with Crippen LogP contribution >= 0.6 is 0 Å². The number of anilines is 1. The van der Waals surface area contributed by atoms with Gasteiger partial charge >= 0.3 is 5.97 Å². The van der Waals surface area contributed by atoms with Crippen LogP contribution in [0.3, 0.4) is 0 Å². The molecule has 4 nitrogen and oxygen atoms in total. The lowest BCUT2D eigenvalue weighted by molar-refractivity contribution is -0.120. The van der Waals surface area contributed by atoms with Crippen molar-refractivity contribution in [2.45, 2.75) is 52.4 Å². The van der Waals surface area contributed by atoms with Gasteiger partial charge in [0.05, 0.1) is 11.3 Å². The number of aromatic carboxylic acids is 1. The van der Waals surface area contributed by atoms with Gasteiger partial charge in [-0.05, 0) is 43.9 Å². The van der Waals surface area contributed by atoms with Crippen molar-refractivity contribution >= 4 is 17.6 Å². The Morgan fingerprint density at radius 2 is 1.71 bits per heavy atom. The molecular weight excluding hydrogens is 266 g/mol. The van der Waals surface area contributed by atoms with E-state index in [0.29, 0.717) is 5.69 Å². The first kappa shape index (κ1) is 15.5. The Morgan fingerprint density at radius 1 is 1.10 bits per heavy atom. The van der Waals surface area contributed by atoms with Gasteiger partial charge < -0.3 is 10.4 Å². The Bertz CT molecular complexity index is 543. The molecule has 4 heteroatoms. The van der Waals surface area contributed by atoms with Crippen molar-refractivity contribution in [3.05, 3.63) is 28.8 Å². The minimum Gasteiger partial charge on any atom is -0.478 e. The molecule has 0 bridgehead atoms. The molecule has 1 saturated carbocycles. The molecule has 2 rings (SSSR count). The highest BCUT2D eigenvalue weighted by Gasteiger charge is 2.22. The molecule has 1 aromatic carbocycles. The molecule has 1 aromatic rings. The number of amides is 1. The fourth-order valence-electron chi connectivity index (χ4n) is 3.07. The first-order valence-corrected chi connectivity index (χ1v) is 7.64. The summed E-state index contributed by atoms with van der Waals surface area (Å²) in [6.07, 6.45) is 6.34. The van der Waals surface area contributed by atoms with Crippen LogP contribution in [0.4, 0.5) is 5.69 Å². The summed E-state index contributed by atoms with van der Waals surface area (Å²) in [5.74, 6) is -1.03. The largest absolute Gasteiger partial charge is 0.478 e. The van der Waals surface area contributed by atoms with Crippen LogP contribution in [0.25, 0.3) is 0 Å². The average Bonchev–Trinajstić information content (AvgIpc) is 2.70. The van der Waals surface area contributed by atoms with E-state index in [4.69, 9.17) is 0 Å². The van der Waals surface area contributed by atoms with Crippen LogP contribution < -0.4 is 5.32 Å². The van der Waals surface area contributed by atoms with Crippen LogP contribution in [0, 0.1) is 19.8 Å². The van der Waals surface area contributed by atoms with Gasteiger partial charge in [0.2, 0.25) is 5.91 Å². The van der Waals surface area contributed by atoms with E-state index in [1.165, 1.54) is 12.8 Å². The van der Waals surface area contributed by atoms with E-state index < -0.39 is 5.97 Å². The zero-order valence-electron chi connectivity index (χ0n) is 12.7. The zero-order valence-corrected chi connectivity index (χ0v) is 12.7. The summed E-state index contributed by atoms with van der Waals surface area (Å²) in [7, 11) is 0. The number of carboxylic acid groups (broad SMARTS) is 1. The molecule has 0 heterocycles. The standard InChI is InChI=1S/C17H23NO3/c1-11-9-12(2)15(14(10-11)17(20)21)18-16(19)13-7-5-3-4-6-8-13/h9-10,13H,3-8H2,1-2H3,(H,18,19)(H,20,21). The van der Waals surface area contributed by atoms with Gasteiger partial charge in [-0.25, -0.2) is 4.79 Å². The van der Waals surface area contributed by atoms with Gasteiger partial charge in [-0.1, -0.05) is 31.7 Å². The lowest BCUT2D eigenvalue weighted by Gasteiger charge is -2.17. The summed E-state index contributed by atoms with van der Waals surface area (Å²) < 4.78 is 0. The lowest BCUT2D eigenvalue weighted by Crippen LogP contribution is -2.24. The average molecular weight is 289 g/mol. The lowest BCUT2D eigenvalue weighted by atomic mass is 9.98. The fraction of sp³-hybridized carbons (Fsp3) is 0.529. The van der Waals surface area contributed by atoms with Gasteiger partial charge in [-0.2, -0.15) is 0 Å². The predicted octanol–water partition coefficient (Wildman–Crippen LogP) is 3.91. The number of carbonyl (C=O) groups is 2. The van der Waals surface area contributed by atoms with E-state index in [1.54, 1.807) is 6.07 Å². The maximum atomic E-state index is 12.4. The van der Waals surface area contributed by atoms with Gasteiger partial charge in [0, 0.05) is 5.92 Å². The minimum atomic E-state index is -1.00. The van der Waals surface area contributed by atoms with E-state index in [0.717, 1.165) is 36.8 Å². The van der Waals surface area contributed by atoms with Crippen molar-refractivity contribution in [2.24, 2.45) is 5.92 Å². The first-order valence-electron chi connectivity index (χ1n) is 7.64. The smallest absolute Gasteiger partial charge is 0.337 e. The van der Waals surface area contributed by atoms with Crippen LogP contribution in [0.15, 0.2) is 12.1 Å². The number of carboxylic acids is 1. The monoisotopic (exact) mass is 289 g/mol. The normalized spacial score (nSPS) is 16.3. The Labute approximate surface area is 125 Å². The summed E-state index contributed by atoms with van der Waals surface area (Å²) >= 11 is 0. The molecule has 2 N–H and O–H groups in total. The number of aryl methyl sites for hydroxylation is 2. The van der Waals surface area contributed by atoms with E-state index in [-0.39, 0.29) is 17.4 Å². The maximum absolute atomic E-state index is 12.4. The van der Waals surface area contributed by atoms with Crippen LogP contribution in [-0.4, -0.2) is 17.0 Å². The Morgan fingerprint density at radius 3 is 2.29 bits per heavy atom. The van der Waals surface area contributed by atoms with Crippen molar-refractivity contribution in [1.82, 2.24) is 0 Å². The second kappa shape index (κ2) is 6.74. The van der Waals surface area contributed by atoms with Crippen LogP contribution in [0.1, 0.15) is 60.0 Å². The topological polar surface area (TPSA) is 66.4 Å². The first-order chi connectivity index (χ1) is 9.99. The highest BCUT2D eigenvalue weighted by atomic mass is 16.4. The van der Waals surface area contributed by atoms with Crippen molar-refractivity contribution in [3.63, 3.8) is 0 Å². The van der Waals surface area contributed by atoms with Gasteiger partial charge in [-0.3, -0.25) is 4.79 Å². The summed E-state index contributed by atoms with van der Waals surface area (Å²) in [6.45, 7) is 3.69. The molecule has 0 radical (unpaired) electrons. The second-order valence-electron chi connectivity index (χ2n) is 5.99. The molecule has 114 valence electrons. The third-order valence-electron chi connectivity index (χ3n) is 4.18. The number of carbonyl (C=O) groups excluding carboxylic acids is 1. The molecular formula is C17H23NO3. The predicted molar refractivity (Wildman–Crippen MR) is 82.7 cm³/mol. The van der Waals surface area contributed by atoms with Gasteiger partial charge in [-0.15, -0.1) is 0 Å². The van der Waals surface area contributed by atoms with Crippen molar-refractivity contribution in [2.75, 3.05) is 5.32 Å². The van der Waals surface area contributed by atoms with Crippen molar-refractivity contribution in [3.8, 4) is 0 Å². The Kier molecular flexibility index (Phi) is 4.99. The van der Waals surface area contributed by atoms with E-state index in [9.17, 15) is 14.7 Å². The van der Waals surface area contributed by atoms with Crippen LogP contribution in [0.2, 0.25) is 0 Å². The Balaban J connectivity index is 2.22. The third kappa shape index (κ3) is 3.84. The molecule has 0 aromatic heterocycles. The summed E-state index contributed by atoms with van der Waals surface area (Å²) in [5, 5.41) is 12.2. The van der Waals surface area contributed by atoms with Gasteiger partial charge in [0.1, 0.15) is 0 Å². The fourth-order valence-corrected chi connectivity index (χ4v) is 3.07. The second-order valence-corrected chi connectivity index (χ2v) is 5.99. The molecule has 0 aliphatic heterocycles. The van der Waals surface area contributed by atoms with Crippen LogP contribution in [-0.2, 0) is 4.79 Å².